The Morgan fingerprint density at radius 1 is 1.25 bits per heavy atom. The molecule has 20 heavy (non-hydrogen) atoms. The first-order valence-electron chi connectivity index (χ1n) is 7.45. The summed E-state index contributed by atoms with van der Waals surface area (Å²) >= 11 is 0. The summed E-state index contributed by atoms with van der Waals surface area (Å²) in [7, 11) is 1.72. The minimum atomic E-state index is 0.743. The van der Waals surface area contributed by atoms with Gasteiger partial charge in [-0.3, -0.25) is 0 Å². The Bertz CT molecular complexity index is 374. The van der Waals surface area contributed by atoms with Gasteiger partial charge in [0.15, 0.2) is 0 Å². The van der Waals surface area contributed by atoms with E-state index in [1.165, 1.54) is 5.56 Å². The molecule has 1 aromatic heterocycles. The molecule has 0 radical (unpaired) electrons. The van der Waals surface area contributed by atoms with E-state index in [0.29, 0.717) is 0 Å². The second-order valence-corrected chi connectivity index (χ2v) is 5.12. The molecule has 1 N–H and O–H groups in total. The van der Waals surface area contributed by atoms with E-state index < -0.39 is 0 Å². The molecule has 5 nitrogen and oxygen atoms in total. The minimum absolute atomic E-state index is 0.743. The second kappa shape index (κ2) is 8.19. The Hall–Kier alpha value is -1.17. The van der Waals surface area contributed by atoms with Crippen LogP contribution in [-0.2, 0) is 11.3 Å². The van der Waals surface area contributed by atoms with Crippen LogP contribution in [0.5, 0.6) is 0 Å². The van der Waals surface area contributed by atoms with Crippen molar-refractivity contribution in [2.45, 2.75) is 13.5 Å². The average molecular weight is 278 g/mol. The lowest BCUT2D eigenvalue weighted by atomic mass is 10.2. The highest BCUT2D eigenvalue weighted by molar-refractivity contribution is 5.39. The molecule has 1 aromatic rings. The number of ether oxygens (including phenoxy) is 1. The zero-order chi connectivity index (χ0) is 14.2. The number of methoxy groups -OCH3 is 1. The molecule has 0 bridgehead atoms. The van der Waals surface area contributed by atoms with Crippen molar-refractivity contribution in [3.8, 4) is 0 Å². The molecule has 112 valence electrons. The largest absolute Gasteiger partial charge is 0.383 e. The fourth-order valence-corrected chi connectivity index (χ4v) is 2.41. The fraction of sp³-hybridized carbons (Fsp3) is 0.667. The topological polar surface area (TPSA) is 40.6 Å². The lowest BCUT2D eigenvalue weighted by molar-refractivity contribution is 0.199. The average Bonchev–Trinajstić information content (AvgIpc) is 2.52. The Balaban J connectivity index is 1.79. The van der Waals surface area contributed by atoms with Gasteiger partial charge in [-0.25, -0.2) is 4.98 Å². The Morgan fingerprint density at radius 2 is 2.05 bits per heavy atom. The molecule has 0 amide bonds. The van der Waals surface area contributed by atoms with Gasteiger partial charge in [-0.15, -0.1) is 0 Å². The quantitative estimate of drug-likeness (QED) is 0.752. The van der Waals surface area contributed by atoms with Crippen LogP contribution in [0.2, 0.25) is 0 Å². The first kappa shape index (κ1) is 15.2. The third-order valence-corrected chi connectivity index (χ3v) is 3.76. The number of anilines is 1. The van der Waals surface area contributed by atoms with Crippen LogP contribution in [0, 0.1) is 0 Å². The van der Waals surface area contributed by atoms with Gasteiger partial charge in [0.1, 0.15) is 5.82 Å². The highest BCUT2D eigenvalue weighted by Gasteiger charge is 2.16. The smallest absolute Gasteiger partial charge is 0.128 e. The SMILES string of the molecule is CCN1CCN(c2ccc(CNCCOC)cn2)CC1. The van der Waals surface area contributed by atoms with Crippen molar-refractivity contribution in [2.75, 3.05) is 57.9 Å². The highest BCUT2D eigenvalue weighted by Crippen LogP contribution is 2.13. The van der Waals surface area contributed by atoms with Gasteiger partial charge in [0.05, 0.1) is 6.61 Å². The third kappa shape index (κ3) is 4.44. The molecule has 0 saturated carbocycles. The summed E-state index contributed by atoms with van der Waals surface area (Å²) < 4.78 is 5.01. The van der Waals surface area contributed by atoms with Gasteiger partial charge in [-0.05, 0) is 18.2 Å². The molecule has 2 heterocycles. The van der Waals surface area contributed by atoms with E-state index in [2.05, 4.69) is 39.2 Å². The van der Waals surface area contributed by atoms with Crippen LogP contribution >= 0.6 is 0 Å². The van der Waals surface area contributed by atoms with E-state index >= 15 is 0 Å². The molecule has 2 rings (SSSR count). The first-order chi connectivity index (χ1) is 9.83. The number of pyridine rings is 1. The maximum Gasteiger partial charge on any atom is 0.128 e. The highest BCUT2D eigenvalue weighted by atomic mass is 16.5. The van der Waals surface area contributed by atoms with Gasteiger partial charge in [0, 0.05) is 52.6 Å². The predicted octanol–water partition coefficient (Wildman–Crippen LogP) is 0.959. The number of hydrogen-bond donors (Lipinski definition) is 1. The number of likely N-dealkylation sites (N-methyl/N-ethyl adjacent to an activating group) is 1. The molecule has 1 aliphatic rings. The van der Waals surface area contributed by atoms with Gasteiger partial charge in [0.2, 0.25) is 0 Å². The van der Waals surface area contributed by atoms with Crippen LogP contribution < -0.4 is 10.2 Å². The molecule has 1 saturated heterocycles. The van der Waals surface area contributed by atoms with Gasteiger partial charge in [0.25, 0.3) is 0 Å². The molecule has 0 aromatic carbocycles. The van der Waals surface area contributed by atoms with Gasteiger partial charge < -0.3 is 19.9 Å². The molecule has 5 heteroatoms. The van der Waals surface area contributed by atoms with Crippen molar-refractivity contribution in [3.63, 3.8) is 0 Å². The normalized spacial score (nSPS) is 16.6. The third-order valence-electron chi connectivity index (χ3n) is 3.76. The van der Waals surface area contributed by atoms with E-state index in [0.717, 1.165) is 58.2 Å². The lowest BCUT2D eigenvalue weighted by Crippen LogP contribution is -2.46. The fourth-order valence-electron chi connectivity index (χ4n) is 2.41. The molecule has 0 spiro atoms. The van der Waals surface area contributed by atoms with E-state index in [4.69, 9.17) is 4.74 Å². The number of nitrogens with one attached hydrogen (secondary N) is 1. The van der Waals surface area contributed by atoms with Crippen LogP contribution in [0.25, 0.3) is 0 Å². The van der Waals surface area contributed by atoms with E-state index in [1.807, 2.05) is 6.20 Å². The van der Waals surface area contributed by atoms with E-state index in [1.54, 1.807) is 7.11 Å². The summed E-state index contributed by atoms with van der Waals surface area (Å²) in [5.74, 6) is 1.10. The number of aromatic nitrogens is 1. The lowest BCUT2D eigenvalue weighted by Gasteiger charge is -2.34. The number of hydrogen-bond acceptors (Lipinski definition) is 5. The number of piperazine rings is 1. The summed E-state index contributed by atoms with van der Waals surface area (Å²) in [4.78, 5) is 9.43. The van der Waals surface area contributed by atoms with Gasteiger partial charge >= 0.3 is 0 Å². The number of rotatable bonds is 7. The van der Waals surface area contributed by atoms with Crippen LogP contribution in [0.3, 0.4) is 0 Å². The number of nitrogens with zero attached hydrogens (tertiary/aromatic N) is 3. The first-order valence-corrected chi connectivity index (χ1v) is 7.45. The zero-order valence-electron chi connectivity index (χ0n) is 12.6. The van der Waals surface area contributed by atoms with Crippen molar-refractivity contribution < 1.29 is 4.74 Å². The molecule has 0 aliphatic carbocycles. The molecular weight excluding hydrogens is 252 g/mol. The van der Waals surface area contributed by atoms with Crippen LogP contribution in [0.1, 0.15) is 12.5 Å². The molecular formula is C15H26N4O. The van der Waals surface area contributed by atoms with Crippen LogP contribution in [0.15, 0.2) is 18.3 Å². The van der Waals surface area contributed by atoms with E-state index in [9.17, 15) is 0 Å². The summed E-state index contributed by atoms with van der Waals surface area (Å²) in [6.45, 7) is 10.3. The van der Waals surface area contributed by atoms with Crippen LogP contribution in [0.4, 0.5) is 5.82 Å². The zero-order valence-corrected chi connectivity index (χ0v) is 12.6. The van der Waals surface area contributed by atoms with Gasteiger partial charge in [-0.2, -0.15) is 0 Å². The second-order valence-electron chi connectivity index (χ2n) is 5.12. The van der Waals surface area contributed by atoms with Crippen molar-refractivity contribution in [1.82, 2.24) is 15.2 Å². The molecule has 0 atom stereocenters. The van der Waals surface area contributed by atoms with E-state index in [-0.39, 0.29) is 0 Å². The summed E-state index contributed by atoms with van der Waals surface area (Å²) in [5, 5.41) is 3.33. The summed E-state index contributed by atoms with van der Waals surface area (Å²) in [6, 6.07) is 4.29. The summed E-state index contributed by atoms with van der Waals surface area (Å²) in [6.07, 6.45) is 1.97. The Kier molecular flexibility index (Phi) is 6.24. The van der Waals surface area contributed by atoms with Crippen molar-refractivity contribution in [1.29, 1.82) is 0 Å². The van der Waals surface area contributed by atoms with Crippen molar-refractivity contribution in [2.24, 2.45) is 0 Å². The standard InChI is InChI=1S/C15H26N4O/c1-3-18-7-9-19(10-8-18)15-5-4-14(13-17-15)12-16-6-11-20-2/h4-5,13,16H,3,6-12H2,1-2H3. The van der Waals surface area contributed by atoms with Crippen molar-refractivity contribution in [3.05, 3.63) is 23.9 Å². The maximum absolute atomic E-state index is 5.01. The predicted molar refractivity (Wildman–Crippen MR) is 82.1 cm³/mol. The molecule has 1 fully saturated rings. The van der Waals surface area contributed by atoms with Crippen LogP contribution in [-0.4, -0.2) is 62.9 Å². The Labute approximate surface area is 121 Å². The summed E-state index contributed by atoms with van der Waals surface area (Å²) in [5.41, 5.74) is 1.22. The molecule has 1 aliphatic heterocycles. The monoisotopic (exact) mass is 278 g/mol. The Morgan fingerprint density at radius 3 is 2.65 bits per heavy atom. The molecule has 0 unspecified atom stereocenters. The van der Waals surface area contributed by atoms with Crippen molar-refractivity contribution >= 4 is 5.82 Å². The van der Waals surface area contributed by atoms with Gasteiger partial charge in [-0.1, -0.05) is 13.0 Å². The minimum Gasteiger partial charge on any atom is -0.383 e. The maximum atomic E-state index is 5.01.